The van der Waals surface area contributed by atoms with Crippen LogP contribution in [0.5, 0.6) is 5.75 Å². The molecule has 0 saturated heterocycles. The van der Waals surface area contributed by atoms with Crippen LogP contribution in [-0.4, -0.2) is 5.97 Å². The first-order valence-electron chi connectivity index (χ1n) is 10.4. The molecule has 0 radical (unpaired) electrons. The molecule has 4 heteroatoms. The molecule has 0 aliphatic heterocycles. The minimum atomic E-state index is -0.631. The number of esters is 1. The van der Waals surface area contributed by atoms with Crippen molar-refractivity contribution in [3.05, 3.63) is 125 Å². The molecule has 0 N–H and O–H groups in total. The van der Waals surface area contributed by atoms with E-state index >= 15 is 0 Å². The summed E-state index contributed by atoms with van der Waals surface area (Å²) in [6.45, 7) is 2.24. The van der Waals surface area contributed by atoms with E-state index in [0.717, 1.165) is 23.6 Å². The van der Waals surface area contributed by atoms with Crippen molar-refractivity contribution in [1.29, 1.82) is 0 Å². The van der Waals surface area contributed by atoms with Crippen LogP contribution in [0.4, 0.5) is 4.39 Å². The van der Waals surface area contributed by atoms with Gasteiger partial charge in [-0.3, -0.25) is 0 Å². The van der Waals surface area contributed by atoms with E-state index in [2.05, 4.69) is 55.5 Å². The molecule has 0 saturated carbocycles. The third-order valence-corrected chi connectivity index (χ3v) is 5.73. The molecule has 4 aromatic carbocycles. The highest BCUT2D eigenvalue weighted by molar-refractivity contribution is 6.30. The van der Waals surface area contributed by atoms with E-state index in [1.54, 1.807) is 12.1 Å². The topological polar surface area (TPSA) is 26.3 Å². The van der Waals surface area contributed by atoms with Gasteiger partial charge >= 0.3 is 5.97 Å². The lowest BCUT2D eigenvalue weighted by molar-refractivity contribution is 0.0734. The van der Waals surface area contributed by atoms with Crippen LogP contribution in [0.25, 0.3) is 11.1 Å². The van der Waals surface area contributed by atoms with Gasteiger partial charge in [0.2, 0.25) is 0 Å². The van der Waals surface area contributed by atoms with E-state index in [-0.39, 0.29) is 10.8 Å². The number of halogens is 2. The monoisotopic (exact) mass is 444 g/mol. The quantitative estimate of drug-likeness (QED) is 0.225. The highest BCUT2D eigenvalue weighted by atomic mass is 35.5. The fraction of sp³-hybridized carbons (Fsp3) is 0.107. The van der Waals surface area contributed by atoms with Crippen LogP contribution >= 0.6 is 11.6 Å². The van der Waals surface area contributed by atoms with Gasteiger partial charge in [0.1, 0.15) is 11.6 Å². The molecule has 160 valence electrons. The highest BCUT2D eigenvalue weighted by Crippen LogP contribution is 2.25. The summed E-state index contributed by atoms with van der Waals surface area (Å²) in [5.41, 5.74) is 5.07. The van der Waals surface area contributed by atoms with Crippen molar-refractivity contribution in [3.63, 3.8) is 0 Å². The third-order valence-electron chi connectivity index (χ3n) is 5.42. The van der Waals surface area contributed by atoms with Crippen LogP contribution in [0.15, 0.2) is 97.1 Å². The van der Waals surface area contributed by atoms with Crippen molar-refractivity contribution in [1.82, 2.24) is 0 Å². The molecule has 0 heterocycles. The van der Waals surface area contributed by atoms with Crippen molar-refractivity contribution < 1.29 is 13.9 Å². The van der Waals surface area contributed by atoms with Gasteiger partial charge in [-0.25, -0.2) is 9.18 Å². The minimum absolute atomic E-state index is 0.0188. The lowest BCUT2D eigenvalue weighted by Crippen LogP contribution is -2.08. The van der Waals surface area contributed by atoms with Crippen LogP contribution in [0, 0.1) is 5.82 Å². The van der Waals surface area contributed by atoms with Crippen LogP contribution in [-0.2, 0) is 6.42 Å². The summed E-state index contributed by atoms with van der Waals surface area (Å²) in [5, 5.41) is -0.0188. The molecule has 2 nitrogen and oxygen atoms in total. The Morgan fingerprint density at radius 1 is 0.875 bits per heavy atom. The van der Waals surface area contributed by atoms with Gasteiger partial charge in [0.25, 0.3) is 0 Å². The molecule has 1 atom stereocenters. The second-order valence-corrected chi connectivity index (χ2v) is 8.16. The van der Waals surface area contributed by atoms with Crippen LogP contribution in [0.2, 0.25) is 5.02 Å². The lowest BCUT2D eigenvalue weighted by atomic mass is 9.93. The Morgan fingerprint density at radius 2 is 1.50 bits per heavy atom. The fourth-order valence-electron chi connectivity index (χ4n) is 3.59. The van der Waals surface area contributed by atoms with Gasteiger partial charge in [-0.2, -0.15) is 0 Å². The van der Waals surface area contributed by atoms with Crippen molar-refractivity contribution in [2.45, 2.75) is 19.3 Å². The van der Waals surface area contributed by atoms with E-state index in [1.807, 2.05) is 18.2 Å². The zero-order valence-electron chi connectivity index (χ0n) is 17.6. The average Bonchev–Trinajstić information content (AvgIpc) is 2.82. The van der Waals surface area contributed by atoms with Crippen molar-refractivity contribution in [2.24, 2.45) is 0 Å². The zero-order valence-corrected chi connectivity index (χ0v) is 18.4. The first-order valence-corrected chi connectivity index (χ1v) is 10.8. The summed E-state index contributed by atoms with van der Waals surface area (Å²) in [7, 11) is 0. The summed E-state index contributed by atoms with van der Waals surface area (Å²) < 4.78 is 18.8. The molecule has 0 spiro atoms. The molecule has 4 aromatic rings. The molecule has 0 aromatic heterocycles. The largest absolute Gasteiger partial charge is 0.423 e. The number of carbonyl (C=O) groups excluding carboxylic acids is 1. The molecule has 0 fully saturated rings. The smallest absolute Gasteiger partial charge is 0.343 e. The molecule has 0 aliphatic carbocycles. The minimum Gasteiger partial charge on any atom is -0.423 e. The first-order chi connectivity index (χ1) is 15.5. The lowest BCUT2D eigenvalue weighted by Gasteiger charge is -2.12. The average molecular weight is 445 g/mol. The molecule has 4 rings (SSSR count). The maximum absolute atomic E-state index is 13.5. The summed E-state index contributed by atoms with van der Waals surface area (Å²) in [6.07, 6.45) is 0.973. The number of hydrogen-bond acceptors (Lipinski definition) is 2. The Labute approximate surface area is 192 Å². The van der Waals surface area contributed by atoms with E-state index in [1.165, 1.54) is 23.3 Å². The van der Waals surface area contributed by atoms with Crippen LogP contribution in [0.1, 0.15) is 34.3 Å². The molecule has 0 bridgehead atoms. The van der Waals surface area contributed by atoms with Crippen molar-refractivity contribution in [2.75, 3.05) is 0 Å². The van der Waals surface area contributed by atoms with Gasteiger partial charge in [-0.1, -0.05) is 85.3 Å². The van der Waals surface area contributed by atoms with Crippen LogP contribution < -0.4 is 4.74 Å². The standard InChI is InChI=1S/C28H22ClFO2/c1-19(21-5-3-2-4-6-21)17-20-7-9-22(10-8-20)23-11-13-24(14-12-23)28(31)32-25-15-16-26(29)27(30)18-25/h2-16,18-19H,17H2,1H3. The zero-order chi connectivity index (χ0) is 22.5. The van der Waals surface area contributed by atoms with Gasteiger partial charge in [0.15, 0.2) is 0 Å². The van der Waals surface area contributed by atoms with E-state index in [9.17, 15) is 9.18 Å². The SMILES string of the molecule is CC(Cc1ccc(-c2ccc(C(=O)Oc3ccc(Cl)c(F)c3)cc2)cc1)c1ccccc1. The Bertz CT molecular complexity index is 1200. The Morgan fingerprint density at radius 3 is 2.12 bits per heavy atom. The first kappa shape index (κ1) is 21.8. The number of benzene rings is 4. The molecular formula is C28H22ClFO2. The van der Waals surface area contributed by atoms with Gasteiger partial charge < -0.3 is 4.74 Å². The molecule has 0 amide bonds. The second-order valence-electron chi connectivity index (χ2n) is 7.76. The van der Waals surface area contributed by atoms with Gasteiger partial charge in [-0.05, 0) is 58.9 Å². The van der Waals surface area contributed by atoms with Gasteiger partial charge in [0, 0.05) is 6.07 Å². The normalized spacial score (nSPS) is 11.7. The highest BCUT2D eigenvalue weighted by Gasteiger charge is 2.11. The Balaban J connectivity index is 1.41. The number of rotatable bonds is 6. The number of carbonyl (C=O) groups is 1. The second kappa shape index (κ2) is 9.80. The van der Waals surface area contributed by atoms with Crippen LogP contribution in [0.3, 0.4) is 0 Å². The maximum Gasteiger partial charge on any atom is 0.343 e. The predicted molar refractivity (Wildman–Crippen MR) is 127 cm³/mol. The Hall–Kier alpha value is -3.43. The van der Waals surface area contributed by atoms with E-state index in [4.69, 9.17) is 16.3 Å². The molecule has 1 unspecified atom stereocenters. The van der Waals surface area contributed by atoms with E-state index < -0.39 is 11.8 Å². The molecule has 0 aliphatic rings. The summed E-state index contributed by atoms with van der Waals surface area (Å²) in [6, 6.07) is 30.0. The number of hydrogen-bond donors (Lipinski definition) is 0. The van der Waals surface area contributed by atoms with Crippen molar-refractivity contribution >= 4 is 17.6 Å². The summed E-state index contributed by atoms with van der Waals surface area (Å²) in [4.78, 5) is 12.3. The van der Waals surface area contributed by atoms with Gasteiger partial charge in [0.05, 0.1) is 10.6 Å². The van der Waals surface area contributed by atoms with E-state index in [0.29, 0.717) is 11.5 Å². The van der Waals surface area contributed by atoms with Gasteiger partial charge in [-0.15, -0.1) is 0 Å². The fourth-order valence-corrected chi connectivity index (χ4v) is 3.71. The molecule has 32 heavy (non-hydrogen) atoms. The van der Waals surface area contributed by atoms with Crippen molar-refractivity contribution in [3.8, 4) is 16.9 Å². The predicted octanol–water partition coefficient (Wildman–Crippen LogP) is 7.71. The molecular weight excluding hydrogens is 423 g/mol. The summed E-state index contributed by atoms with van der Waals surface area (Å²) >= 11 is 5.66. The summed E-state index contributed by atoms with van der Waals surface area (Å²) in [5.74, 6) is -0.625. The maximum atomic E-state index is 13.5. The third kappa shape index (κ3) is 5.24. The Kier molecular flexibility index (Phi) is 6.67. The number of ether oxygens (including phenoxy) is 1.